The molecule has 0 bridgehead atoms. The largest absolute Gasteiger partial charge is 0.393 e. The smallest absolute Gasteiger partial charge is 0.0720 e. The minimum Gasteiger partial charge on any atom is -0.393 e. The first kappa shape index (κ1) is 29.3. The summed E-state index contributed by atoms with van der Waals surface area (Å²) in [6.07, 6.45) is 15.3. The molecule has 2 fully saturated rings. The van der Waals surface area contributed by atoms with Crippen molar-refractivity contribution in [3.63, 3.8) is 0 Å². The minimum atomic E-state index is -0.247. The van der Waals surface area contributed by atoms with Crippen LogP contribution >= 0.6 is 0 Å². The maximum atomic E-state index is 10.4. The Labute approximate surface area is 219 Å². The number of benzene rings is 1. The molecule has 1 N–H and O–H groups in total. The molecule has 0 aromatic heterocycles. The van der Waals surface area contributed by atoms with E-state index < -0.39 is 0 Å². The van der Waals surface area contributed by atoms with Crippen LogP contribution in [-0.4, -0.2) is 54.9 Å². The van der Waals surface area contributed by atoms with E-state index in [0.29, 0.717) is 6.61 Å². The molecule has 2 aliphatic heterocycles. The first-order valence-corrected chi connectivity index (χ1v) is 14.4. The Balaban J connectivity index is 1.47. The Kier molecular flexibility index (Phi) is 13.5. The van der Waals surface area contributed by atoms with Crippen molar-refractivity contribution in [3.05, 3.63) is 48.6 Å². The van der Waals surface area contributed by atoms with Gasteiger partial charge in [-0.05, 0) is 63.4 Å². The van der Waals surface area contributed by atoms with Gasteiger partial charge in [0, 0.05) is 13.5 Å². The third-order valence-corrected chi connectivity index (χ3v) is 7.69. The second-order valence-electron chi connectivity index (χ2n) is 10.8. The molecule has 5 nitrogen and oxygen atoms in total. The van der Waals surface area contributed by atoms with Crippen molar-refractivity contribution in [2.75, 3.05) is 7.11 Å². The molecule has 3 rings (SSSR count). The van der Waals surface area contributed by atoms with Crippen molar-refractivity contribution >= 4 is 0 Å². The standard InChI is InChI=1S/C31H50O5/c1-4-6-8-15-25(32)18-27-16-11-17-28(35-27)19-29(33-3)21-31-22-30(20-26(36-31)12-5-2)34-23-24-13-9-7-10-14-24/h5,7,9-10,13-14,25-32H,2,4,6,8,11-12,15-23H2,1,3H3/t25-,26+,27?,28?,29+,30?,31?/m0/s1. The zero-order chi connectivity index (χ0) is 25.6. The Morgan fingerprint density at radius 2 is 1.69 bits per heavy atom. The second kappa shape index (κ2) is 16.6. The Bertz CT molecular complexity index is 710. The van der Waals surface area contributed by atoms with Crippen molar-refractivity contribution in [3.8, 4) is 0 Å². The van der Waals surface area contributed by atoms with Crippen LogP contribution < -0.4 is 0 Å². The first-order chi connectivity index (χ1) is 17.6. The predicted molar refractivity (Wildman–Crippen MR) is 145 cm³/mol. The molecule has 1 aromatic carbocycles. The van der Waals surface area contributed by atoms with Crippen LogP contribution in [0.3, 0.4) is 0 Å². The average molecular weight is 503 g/mol. The summed E-state index contributed by atoms with van der Waals surface area (Å²) in [5.74, 6) is 0. The van der Waals surface area contributed by atoms with Crippen LogP contribution in [-0.2, 0) is 25.6 Å². The zero-order valence-corrected chi connectivity index (χ0v) is 22.7. The molecular weight excluding hydrogens is 452 g/mol. The lowest BCUT2D eigenvalue weighted by Crippen LogP contribution is -2.40. The van der Waals surface area contributed by atoms with E-state index in [1.807, 2.05) is 12.1 Å². The van der Waals surface area contributed by atoms with Gasteiger partial charge in [-0.25, -0.2) is 0 Å². The molecule has 5 heteroatoms. The second-order valence-corrected chi connectivity index (χ2v) is 10.8. The summed E-state index contributed by atoms with van der Waals surface area (Å²) >= 11 is 0. The van der Waals surface area contributed by atoms with Crippen molar-refractivity contribution in [1.29, 1.82) is 0 Å². The summed E-state index contributed by atoms with van der Waals surface area (Å²) in [6.45, 7) is 6.75. The highest BCUT2D eigenvalue weighted by molar-refractivity contribution is 5.13. The van der Waals surface area contributed by atoms with E-state index in [4.69, 9.17) is 18.9 Å². The lowest BCUT2D eigenvalue weighted by atomic mass is 9.92. The van der Waals surface area contributed by atoms with Crippen molar-refractivity contribution in [1.82, 2.24) is 0 Å². The van der Waals surface area contributed by atoms with Crippen LogP contribution in [0.4, 0.5) is 0 Å². The number of rotatable bonds is 16. The molecule has 204 valence electrons. The summed E-state index contributed by atoms with van der Waals surface area (Å²) in [6, 6.07) is 10.4. The highest BCUT2D eigenvalue weighted by Gasteiger charge is 2.33. The van der Waals surface area contributed by atoms with Gasteiger partial charge < -0.3 is 24.1 Å². The normalized spacial score (nSPS) is 28.5. The average Bonchev–Trinajstić information content (AvgIpc) is 2.88. The molecule has 0 saturated carbocycles. The summed E-state index contributed by atoms with van der Waals surface area (Å²) in [5.41, 5.74) is 1.20. The molecule has 0 aliphatic carbocycles. The van der Waals surface area contributed by atoms with Gasteiger partial charge in [-0.15, -0.1) is 6.58 Å². The van der Waals surface area contributed by atoms with E-state index in [0.717, 1.165) is 70.6 Å². The predicted octanol–water partition coefficient (Wildman–Crippen LogP) is 6.76. The summed E-state index contributed by atoms with van der Waals surface area (Å²) in [4.78, 5) is 0. The molecule has 1 aromatic rings. The molecule has 7 atom stereocenters. The SMILES string of the molecule is C=CC[C@@H]1CC(OCc2ccccc2)CC(C[C@@H](CC2CCCC(C[C@@H](O)CCCCC)O2)OC)O1. The number of hydrogen-bond donors (Lipinski definition) is 1. The minimum absolute atomic E-state index is 0.0884. The van der Waals surface area contributed by atoms with Crippen LogP contribution in [0.1, 0.15) is 96.0 Å². The molecule has 0 amide bonds. The fraction of sp³-hybridized carbons (Fsp3) is 0.742. The monoisotopic (exact) mass is 502 g/mol. The van der Waals surface area contributed by atoms with Gasteiger partial charge in [0.1, 0.15) is 0 Å². The molecule has 0 radical (unpaired) electrons. The highest BCUT2D eigenvalue weighted by atomic mass is 16.5. The Hall–Kier alpha value is -1.24. The summed E-state index contributed by atoms with van der Waals surface area (Å²) in [7, 11) is 1.80. The van der Waals surface area contributed by atoms with Crippen molar-refractivity contribution < 1.29 is 24.1 Å². The van der Waals surface area contributed by atoms with Crippen molar-refractivity contribution in [2.24, 2.45) is 0 Å². The summed E-state index contributed by atoms with van der Waals surface area (Å²) in [5, 5.41) is 10.4. The van der Waals surface area contributed by atoms with E-state index in [1.54, 1.807) is 7.11 Å². The van der Waals surface area contributed by atoms with Gasteiger partial charge in [0.05, 0.1) is 49.3 Å². The van der Waals surface area contributed by atoms with E-state index in [-0.39, 0.29) is 42.7 Å². The molecule has 4 unspecified atom stereocenters. The van der Waals surface area contributed by atoms with Gasteiger partial charge in [0.25, 0.3) is 0 Å². The molecule has 2 saturated heterocycles. The zero-order valence-electron chi connectivity index (χ0n) is 22.7. The van der Waals surface area contributed by atoms with Crippen LogP contribution in [0.25, 0.3) is 0 Å². The first-order valence-electron chi connectivity index (χ1n) is 14.4. The van der Waals surface area contributed by atoms with E-state index in [1.165, 1.54) is 18.4 Å². The number of hydrogen-bond acceptors (Lipinski definition) is 5. The van der Waals surface area contributed by atoms with Gasteiger partial charge in [-0.3, -0.25) is 0 Å². The molecule has 36 heavy (non-hydrogen) atoms. The molecule has 0 spiro atoms. The van der Waals surface area contributed by atoms with E-state index in [2.05, 4.69) is 37.8 Å². The molecular formula is C31H50O5. The maximum absolute atomic E-state index is 10.4. The fourth-order valence-electron chi connectivity index (χ4n) is 5.73. The van der Waals surface area contributed by atoms with E-state index in [9.17, 15) is 5.11 Å². The van der Waals surface area contributed by atoms with Gasteiger partial charge in [-0.2, -0.15) is 0 Å². The number of ether oxygens (including phenoxy) is 4. The van der Waals surface area contributed by atoms with Crippen LogP contribution in [0, 0.1) is 0 Å². The lowest BCUT2D eigenvalue weighted by molar-refractivity contribution is -0.135. The highest BCUT2D eigenvalue weighted by Crippen LogP contribution is 2.31. The summed E-state index contributed by atoms with van der Waals surface area (Å²) < 4.78 is 25.1. The third kappa shape index (κ3) is 10.6. The molecule has 2 heterocycles. The number of unbranched alkanes of at least 4 members (excludes halogenated alkanes) is 2. The fourth-order valence-corrected chi connectivity index (χ4v) is 5.73. The number of aliphatic hydroxyl groups excluding tert-OH is 1. The Morgan fingerprint density at radius 1 is 1.00 bits per heavy atom. The van der Waals surface area contributed by atoms with Gasteiger partial charge in [-0.1, -0.05) is 62.6 Å². The topological polar surface area (TPSA) is 57.2 Å². The van der Waals surface area contributed by atoms with Crippen LogP contribution in [0.2, 0.25) is 0 Å². The van der Waals surface area contributed by atoms with Crippen LogP contribution in [0.5, 0.6) is 0 Å². The van der Waals surface area contributed by atoms with E-state index >= 15 is 0 Å². The quantitative estimate of drug-likeness (QED) is 0.200. The third-order valence-electron chi connectivity index (χ3n) is 7.69. The van der Waals surface area contributed by atoms with Gasteiger partial charge >= 0.3 is 0 Å². The number of aliphatic hydroxyl groups is 1. The van der Waals surface area contributed by atoms with Crippen LogP contribution in [0.15, 0.2) is 43.0 Å². The maximum Gasteiger partial charge on any atom is 0.0720 e. The van der Waals surface area contributed by atoms with Gasteiger partial charge in [0.2, 0.25) is 0 Å². The number of methoxy groups -OCH3 is 1. The Morgan fingerprint density at radius 3 is 2.42 bits per heavy atom. The van der Waals surface area contributed by atoms with Crippen molar-refractivity contribution in [2.45, 2.75) is 140 Å². The molecule has 2 aliphatic rings. The lowest BCUT2D eigenvalue weighted by Gasteiger charge is -2.37. The van der Waals surface area contributed by atoms with Gasteiger partial charge in [0.15, 0.2) is 0 Å².